The van der Waals surface area contributed by atoms with Crippen LogP contribution in [0.5, 0.6) is 0 Å². The second kappa shape index (κ2) is 4.92. The first-order chi connectivity index (χ1) is 5.83. The minimum Gasteiger partial charge on any atom is -0.299 e. The van der Waals surface area contributed by atoms with E-state index in [1.54, 1.807) is 0 Å². The molecule has 0 aromatic carbocycles. The molecule has 0 saturated heterocycles. The van der Waals surface area contributed by atoms with Gasteiger partial charge in [0.05, 0.1) is 5.75 Å². The average Bonchev–Trinajstić information content (AvgIpc) is 2.53. The number of carbonyl (C=O) groups is 1. The van der Waals surface area contributed by atoms with Crippen molar-refractivity contribution in [2.24, 2.45) is 0 Å². The van der Waals surface area contributed by atoms with Crippen LogP contribution in [0.2, 0.25) is 0 Å². The molecule has 66 valence electrons. The SMILES string of the molecule is CCCC(=O)CSc1ncn[nH]1. The van der Waals surface area contributed by atoms with Crippen LogP contribution in [0.4, 0.5) is 0 Å². The zero-order valence-corrected chi connectivity index (χ0v) is 7.73. The Kier molecular flexibility index (Phi) is 3.79. The predicted molar refractivity (Wildman–Crippen MR) is 47.0 cm³/mol. The summed E-state index contributed by atoms with van der Waals surface area (Å²) in [5, 5.41) is 7.07. The summed E-state index contributed by atoms with van der Waals surface area (Å²) in [6.07, 6.45) is 3.00. The molecule has 1 aromatic heterocycles. The van der Waals surface area contributed by atoms with Gasteiger partial charge in [-0.05, 0) is 6.42 Å². The summed E-state index contributed by atoms with van der Waals surface area (Å²) in [6.45, 7) is 2.00. The molecule has 0 fully saturated rings. The fraction of sp³-hybridized carbons (Fsp3) is 0.571. The van der Waals surface area contributed by atoms with Gasteiger partial charge in [-0.3, -0.25) is 9.89 Å². The third-order valence-electron chi connectivity index (χ3n) is 1.29. The van der Waals surface area contributed by atoms with E-state index in [0.717, 1.165) is 6.42 Å². The average molecular weight is 185 g/mol. The molecule has 0 atom stereocenters. The third-order valence-corrected chi connectivity index (χ3v) is 2.23. The molecule has 0 aliphatic heterocycles. The van der Waals surface area contributed by atoms with Crippen LogP contribution < -0.4 is 0 Å². The van der Waals surface area contributed by atoms with Gasteiger partial charge in [-0.25, -0.2) is 4.98 Å². The molecule has 0 aliphatic rings. The van der Waals surface area contributed by atoms with Crippen LogP contribution >= 0.6 is 11.8 Å². The number of nitrogens with one attached hydrogen (secondary N) is 1. The highest BCUT2D eigenvalue weighted by atomic mass is 32.2. The molecule has 0 bridgehead atoms. The van der Waals surface area contributed by atoms with Crippen LogP contribution in [0.15, 0.2) is 11.5 Å². The van der Waals surface area contributed by atoms with Crippen molar-refractivity contribution in [3.8, 4) is 0 Å². The van der Waals surface area contributed by atoms with E-state index < -0.39 is 0 Å². The molecule has 4 nitrogen and oxygen atoms in total. The lowest BCUT2D eigenvalue weighted by Crippen LogP contribution is -2.00. The summed E-state index contributed by atoms with van der Waals surface area (Å²) in [4.78, 5) is 14.9. The summed E-state index contributed by atoms with van der Waals surface area (Å²) in [5.41, 5.74) is 0. The number of hydrogen-bond donors (Lipinski definition) is 1. The maximum absolute atomic E-state index is 11.1. The number of aromatic amines is 1. The molecule has 0 unspecified atom stereocenters. The van der Waals surface area contributed by atoms with Crippen LogP contribution in [0.1, 0.15) is 19.8 Å². The number of thioether (sulfide) groups is 1. The second-order valence-corrected chi connectivity index (χ2v) is 3.33. The highest BCUT2D eigenvalue weighted by Crippen LogP contribution is 2.11. The molecule has 1 aromatic rings. The largest absolute Gasteiger partial charge is 0.299 e. The molecule has 1 N–H and O–H groups in total. The molecule has 1 heterocycles. The van der Waals surface area contributed by atoms with Crippen LogP contribution in [-0.4, -0.2) is 26.7 Å². The highest BCUT2D eigenvalue weighted by molar-refractivity contribution is 7.99. The quantitative estimate of drug-likeness (QED) is 0.702. The lowest BCUT2D eigenvalue weighted by Gasteiger charge is -1.94. The Morgan fingerprint density at radius 2 is 2.58 bits per heavy atom. The molecular formula is C7H11N3OS. The van der Waals surface area contributed by atoms with E-state index >= 15 is 0 Å². The minimum atomic E-state index is 0.263. The van der Waals surface area contributed by atoms with Gasteiger partial charge in [-0.1, -0.05) is 18.7 Å². The van der Waals surface area contributed by atoms with Crippen molar-refractivity contribution in [1.82, 2.24) is 15.2 Å². The molecule has 5 heteroatoms. The number of aromatic nitrogens is 3. The first-order valence-electron chi connectivity index (χ1n) is 3.82. The predicted octanol–water partition coefficient (Wildman–Crippen LogP) is 1.27. The van der Waals surface area contributed by atoms with Gasteiger partial charge in [-0.2, -0.15) is 5.10 Å². The third kappa shape index (κ3) is 3.04. The maximum Gasteiger partial charge on any atom is 0.183 e. The number of hydrogen-bond acceptors (Lipinski definition) is 4. The van der Waals surface area contributed by atoms with Crippen LogP contribution in [0, 0.1) is 0 Å². The lowest BCUT2D eigenvalue weighted by atomic mass is 10.3. The van der Waals surface area contributed by atoms with E-state index in [1.165, 1.54) is 18.1 Å². The monoisotopic (exact) mass is 185 g/mol. The minimum absolute atomic E-state index is 0.263. The van der Waals surface area contributed by atoms with Crippen molar-refractivity contribution in [1.29, 1.82) is 0 Å². The molecule has 0 radical (unpaired) electrons. The molecular weight excluding hydrogens is 174 g/mol. The molecule has 0 saturated carbocycles. The first kappa shape index (κ1) is 9.25. The Morgan fingerprint density at radius 3 is 3.17 bits per heavy atom. The number of nitrogens with zero attached hydrogens (tertiary/aromatic N) is 2. The summed E-state index contributed by atoms with van der Waals surface area (Å²) in [7, 11) is 0. The Bertz CT molecular complexity index is 235. The molecule has 0 spiro atoms. The highest BCUT2D eigenvalue weighted by Gasteiger charge is 2.02. The van der Waals surface area contributed by atoms with Crippen molar-refractivity contribution in [3.63, 3.8) is 0 Å². The van der Waals surface area contributed by atoms with E-state index in [9.17, 15) is 4.79 Å². The number of H-pyrrole nitrogens is 1. The fourth-order valence-electron chi connectivity index (χ4n) is 0.764. The summed E-state index contributed by atoms with van der Waals surface area (Å²) in [6, 6.07) is 0. The van der Waals surface area contributed by atoms with Gasteiger partial charge in [0.25, 0.3) is 0 Å². The van der Waals surface area contributed by atoms with Crippen molar-refractivity contribution >= 4 is 17.5 Å². The van der Waals surface area contributed by atoms with Gasteiger partial charge in [0.2, 0.25) is 0 Å². The number of rotatable bonds is 5. The van der Waals surface area contributed by atoms with Crippen LogP contribution in [0.3, 0.4) is 0 Å². The number of carbonyl (C=O) groups excluding carboxylic acids is 1. The number of Topliss-reactive ketones (excluding diaryl/α,β-unsaturated/α-hetero) is 1. The summed E-state index contributed by atoms with van der Waals surface area (Å²) >= 11 is 1.40. The van der Waals surface area contributed by atoms with Gasteiger partial charge < -0.3 is 0 Å². The Balaban J connectivity index is 2.22. The fourth-order valence-corrected chi connectivity index (χ4v) is 1.44. The van der Waals surface area contributed by atoms with Crippen molar-refractivity contribution in [3.05, 3.63) is 6.33 Å². The van der Waals surface area contributed by atoms with Gasteiger partial charge in [0, 0.05) is 6.42 Å². The Hall–Kier alpha value is -0.840. The van der Waals surface area contributed by atoms with Gasteiger partial charge >= 0.3 is 0 Å². The van der Waals surface area contributed by atoms with E-state index in [2.05, 4.69) is 15.2 Å². The zero-order chi connectivity index (χ0) is 8.81. The normalized spacial score (nSPS) is 10.1. The smallest absolute Gasteiger partial charge is 0.183 e. The number of ketones is 1. The summed E-state index contributed by atoms with van der Waals surface area (Å²) < 4.78 is 0. The Morgan fingerprint density at radius 1 is 1.75 bits per heavy atom. The van der Waals surface area contributed by atoms with E-state index in [-0.39, 0.29) is 5.78 Å². The standard InChI is InChI=1S/C7H11N3OS/c1-2-3-6(11)4-12-7-8-5-9-10-7/h5H,2-4H2,1H3,(H,8,9,10). The van der Waals surface area contributed by atoms with E-state index in [4.69, 9.17) is 0 Å². The topological polar surface area (TPSA) is 58.6 Å². The van der Waals surface area contributed by atoms with Gasteiger partial charge in [0.15, 0.2) is 5.16 Å². The Labute approximate surface area is 75.2 Å². The van der Waals surface area contributed by atoms with E-state index in [1.807, 2.05) is 6.92 Å². The van der Waals surface area contributed by atoms with Gasteiger partial charge in [0.1, 0.15) is 12.1 Å². The summed E-state index contributed by atoms with van der Waals surface area (Å²) in [5.74, 6) is 0.752. The maximum atomic E-state index is 11.1. The lowest BCUT2D eigenvalue weighted by molar-refractivity contribution is -0.116. The molecule has 1 rings (SSSR count). The van der Waals surface area contributed by atoms with Crippen LogP contribution in [-0.2, 0) is 4.79 Å². The molecule has 12 heavy (non-hydrogen) atoms. The van der Waals surface area contributed by atoms with Crippen molar-refractivity contribution < 1.29 is 4.79 Å². The molecule has 0 aliphatic carbocycles. The second-order valence-electron chi connectivity index (χ2n) is 2.37. The van der Waals surface area contributed by atoms with E-state index in [0.29, 0.717) is 17.3 Å². The van der Waals surface area contributed by atoms with Crippen molar-refractivity contribution in [2.75, 3.05) is 5.75 Å². The van der Waals surface area contributed by atoms with Crippen molar-refractivity contribution in [2.45, 2.75) is 24.9 Å². The van der Waals surface area contributed by atoms with Gasteiger partial charge in [-0.15, -0.1) is 0 Å². The van der Waals surface area contributed by atoms with Crippen LogP contribution in [0.25, 0.3) is 0 Å². The molecule has 0 amide bonds. The zero-order valence-electron chi connectivity index (χ0n) is 6.91. The first-order valence-corrected chi connectivity index (χ1v) is 4.81.